The number of aryl methyl sites for hydroxylation is 2. The molecule has 168 valence electrons. The van der Waals surface area contributed by atoms with E-state index in [4.69, 9.17) is 4.74 Å². The molecule has 0 spiro atoms. The van der Waals surface area contributed by atoms with Crippen LogP contribution < -0.4 is 10.6 Å². The van der Waals surface area contributed by atoms with Crippen LogP contribution in [0.5, 0.6) is 0 Å². The smallest absolute Gasteiger partial charge is 0.191 e. The van der Waals surface area contributed by atoms with Crippen molar-refractivity contribution in [1.82, 2.24) is 20.2 Å². The van der Waals surface area contributed by atoms with E-state index in [1.807, 2.05) is 6.07 Å². The highest BCUT2D eigenvalue weighted by atomic mass is 127. The molecule has 0 aliphatic rings. The zero-order valence-corrected chi connectivity index (χ0v) is 21.1. The minimum absolute atomic E-state index is 0. The number of guanidine groups is 1. The van der Waals surface area contributed by atoms with Crippen LogP contribution in [-0.2, 0) is 24.4 Å². The number of hydrogen-bond acceptors (Lipinski definition) is 3. The SMILES string of the molecule is CCCOCc1ccccc1CNC(=NC)NCCCn1c(C)nc2ccccc21.I. The normalized spacial score (nSPS) is 11.4. The number of rotatable bonds is 10. The van der Waals surface area contributed by atoms with Gasteiger partial charge in [0.25, 0.3) is 0 Å². The van der Waals surface area contributed by atoms with E-state index in [0.29, 0.717) is 6.61 Å². The Bertz CT molecular complexity index is 970. The molecule has 0 saturated carbocycles. The van der Waals surface area contributed by atoms with Crippen LogP contribution in [-0.4, -0.2) is 35.7 Å². The molecule has 6 nitrogen and oxygen atoms in total. The third-order valence-electron chi connectivity index (χ3n) is 5.09. The molecular weight excluding hydrogens is 501 g/mol. The Morgan fingerprint density at radius 1 is 1.06 bits per heavy atom. The van der Waals surface area contributed by atoms with Gasteiger partial charge >= 0.3 is 0 Å². The summed E-state index contributed by atoms with van der Waals surface area (Å²) in [6.45, 7) is 8.11. The summed E-state index contributed by atoms with van der Waals surface area (Å²) < 4.78 is 7.99. The number of fused-ring (bicyclic) bond motifs is 1. The lowest BCUT2D eigenvalue weighted by atomic mass is 10.1. The van der Waals surface area contributed by atoms with Crippen LogP contribution >= 0.6 is 24.0 Å². The summed E-state index contributed by atoms with van der Waals surface area (Å²) in [6, 6.07) is 16.7. The van der Waals surface area contributed by atoms with Gasteiger partial charge in [-0.25, -0.2) is 4.98 Å². The Kier molecular flexibility index (Phi) is 10.8. The van der Waals surface area contributed by atoms with Crippen LogP contribution in [0.2, 0.25) is 0 Å². The Labute approximate surface area is 202 Å². The topological polar surface area (TPSA) is 63.5 Å². The van der Waals surface area contributed by atoms with Crippen LogP contribution in [0.3, 0.4) is 0 Å². The van der Waals surface area contributed by atoms with Gasteiger partial charge in [0.15, 0.2) is 5.96 Å². The summed E-state index contributed by atoms with van der Waals surface area (Å²) in [6.07, 6.45) is 2.02. The standard InChI is InChI=1S/C24H33N5O.HI/c1-4-16-30-18-21-11-6-5-10-20(21)17-27-24(25-3)26-14-9-15-29-19(2)28-22-12-7-8-13-23(22)29;/h5-8,10-13H,4,9,14-18H2,1-3H3,(H2,25,26,27);1H. The number of aliphatic imine (C=N–C) groups is 1. The molecule has 0 atom stereocenters. The number of ether oxygens (including phenoxy) is 1. The van der Waals surface area contributed by atoms with Gasteiger partial charge in [0.2, 0.25) is 0 Å². The molecule has 3 aromatic rings. The third-order valence-corrected chi connectivity index (χ3v) is 5.09. The molecule has 0 aliphatic heterocycles. The highest BCUT2D eigenvalue weighted by molar-refractivity contribution is 14.0. The van der Waals surface area contributed by atoms with E-state index >= 15 is 0 Å². The molecule has 7 heteroatoms. The Balaban J connectivity index is 0.00000341. The molecule has 2 N–H and O–H groups in total. The summed E-state index contributed by atoms with van der Waals surface area (Å²) in [5, 5.41) is 6.83. The first kappa shape index (κ1) is 25.1. The quantitative estimate of drug-likeness (QED) is 0.172. The molecule has 0 radical (unpaired) electrons. The average Bonchev–Trinajstić information content (AvgIpc) is 3.09. The highest BCUT2D eigenvalue weighted by Crippen LogP contribution is 2.15. The lowest BCUT2D eigenvalue weighted by Gasteiger charge is -2.15. The number of nitrogens with one attached hydrogen (secondary N) is 2. The number of halogens is 1. The first-order valence-corrected chi connectivity index (χ1v) is 10.7. The van der Waals surface area contributed by atoms with Crippen LogP contribution in [0, 0.1) is 6.92 Å². The number of aromatic nitrogens is 2. The van der Waals surface area contributed by atoms with Crippen molar-refractivity contribution in [2.45, 2.75) is 46.4 Å². The van der Waals surface area contributed by atoms with Crippen molar-refractivity contribution in [2.75, 3.05) is 20.2 Å². The van der Waals surface area contributed by atoms with Crippen molar-refractivity contribution in [3.8, 4) is 0 Å². The number of imidazole rings is 1. The monoisotopic (exact) mass is 535 g/mol. The number of nitrogens with zero attached hydrogens (tertiary/aromatic N) is 3. The fourth-order valence-electron chi connectivity index (χ4n) is 3.52. The summed E-state index contributed by atoms with van der Waals surface area (Å²) in [5.74, 6) is 1.87. The fourth-order valence-corrected chi connectivity index (χ4v) is 3.52. The van der Waals surface area contributed by atoms with Crippen LogP contribution in [0.1, 0.15) is 36.7 Å². The molecule has 0 fully saturated rings. The van der Waals surface area contributed by atoms with E-state index in [1.54, 1.807) is 7.05 Å². The second-order valence-corrected chi connectivity index (χ2v) is 7.33. The summed E-state index contributed by atoms with van der Waals surface area (Å²) in [7, 11) is 1.80. The van der Waals surface area contributed by atoms with Gasteiger partial charge in [0.1, 0.15) is 5.82 Å². The maximum Gasteiger partial charge on any atom is 0.191 e. The number of benzene rings is 2. The lowest BCUT2D eigenvalue weighted by molar-refractivity contribution is 0.121. The summed E-state index contributed by atoms with van der Waals surface area (Å²) in [4.78, 5) is 8.99. The van der Waals surface area contributed by atoms with Crippen molar-refractivity contribution in [3.63, 3.8) is 0 Å². The molecule has 3 rings (SSSR count). The first-order chi connectivity index (χ1) is 14.7. The van der Waals surface area contributed by atoms with Crippen molar-refractivity contribution in [2.24, 2.45) is 4.99 Å². The van der Waals surface area contributed by atoms with E-state index in [-0.39, 0.29) is 24.0 Å². The minimum atomic E-state index is 0. The van der Waals surface area contributed by atoms with Crippen molar-refractivity contribution < 1.29 is 4.74 Å². The average molecular weight is 535 g/mol. The summed E-state index contributed by atoms with van der Waals surface area (Å²) >= 11 is 0. The molecule has 0 unspecified atom stereocenters. The molecule has 1 aromatic heterocycles. The number of hydrogen-bond donors (Lipinski definition) is 2. The first-order valence-electron chi connectivity index (χ1n) is 10.7. The van der Waals surface area contributed by atoms with Crippen LogP contribution in [0.4, 0.5) is 0 Å². The largest absolute Gasteiger partial charge is 0.377 e. The van der Waals surface area contributed by atoms with Gasteiger partial charge in [0.05, 0.1) is 17.6 Å². The lowest BCUT2D eigenvalue weighted by Crippen LogP contribution is -2.37. The Morgan fingerprint density at radius 2 is 1.81 bits per heavy atom. The zero-order valence-electron chi connectivity index (χ0n) is 18.7. The molecule has 31 heavy (non-hydrogen) atoms. The third kappa shape index (κ3) is 7.21. The van der Waals surface area contributed by atoms with E-state index in [1.165, 1.54) is 16.6 Å². The van der Waals surface area contributed by atoms with Gasteiger partial charge in [0, 0.05) is 33.3 Å². The van der Waals surface area contributed by atoms with E-state index in [9.17, 15) is 0 Å². The second kappa shape index (κ2) is 13.3. The summed E-state index contributed by atoms with van der Waals surface area (Å²) in [5.41, 5.74) is 4.70. The maximum absolute atomic E-state index is 5.72. The van der Waals surface area contributed by atoms with Gasteiger partial charge in [-0.3, -0.25) is 4.99 Å². The molecule has 2 aromatic carbocycles. The molecule has 1 heterocycles. The second-order valence-electron chi connectivity index (χ2n) is 7.33. The molecular formula is C24H34IN5O. The molecule has 0 aliphatic carbocycles. The van der Waals surface area contributed by atoms with E-state index < -0.39 is 0 Å². The Hall–Kier alpha value is -2.13. The predicted molar refractivity (Wildman–Crippen MR) is 139 cm³/mol. The van der Waals surface area contributed by atoms with Gasteiger partial charge < -0.3 is 19.9 Å². The van der Waals surface area contributed by atoms with Crippen molar-refractivity contribution in [1.29, 1.82) is 0 Å². The van der Waals surface area contributed by atoms with Gasteiger partial charge in [-0.05, 0) is 43.0 Å². The predicted octanol–water partition coefficient (Wildman–Crippen LogP) is 4.64. The van der Waals surface area contributed by atoms with E-state index in [0.717, 1.165) is 56.4 Å². The molecule has 0 bridgehead atoms. The van der Waals surface area contributed by atoms with Crippen LogP contribution in [0.15, 0.2) is 53.5 Å². The van der Waals surface area contributed by atoms with E-state index in [2.05, 4.69) is 81.5 Å². The minimum Gasteiger partial charge on any atom is -0.377 e. The van der Waals surface area contributed by atoms with Crippen LogP contribution in [0.25, 0.3) is 11.0 Å². The highest BCUT2D eigenvalue weighted by Gasteiger charge is 2.07. The fraction of sp³-hybridized carbons (Fsp3) is 0.417. The molecule has 0 amide bonds. The van der Waals surface area contributed by atoms with Crippen molar-refractivity contribution in [3.05, 3.63) is 65.5 Å². The Morgan fingerprint density at radius 3 is 2.58 bits per heavy atom. The van der Waals surface area contributed by atoms with Gasteiger partial charge in [-0.2, -0.15) is 0 Å². The maximum atomic E-state index is 5.72. The molecule has 0 saturated heterocycles. The zero-order chi connectivity index (χ0) is 21.2. The van der Waals surface area contributed by atoms with Gasteiger partial charge in [-0.1, -0.05) is 43.3 Å². The number of para-hydroxylation sites is 2. The van der Waals surface area contributed by atoms with Gasteiger partial charge in [-0.15, -0.1) is 24.0 Å². The van der Waals surface area contributed by atoms with Crippen molar-refractivity contribution >= 4 is 41.0 Å².